The Morgan fingerprint density at radius 2 is 1.74 bits per heavy atom. The highest BCUT2D eigenvalue weighted by Gasteiger charge is 2.14. The van der Waals surface area contributed by atoms with Gasteiger partial charge in [-0.1, -0.05) is 51.1 Å². The number of rotatable bonds is 2. The van der Waals surface area contributed by atoms with Crippen LogP contribution in [0.1, 0.15) is 43.0 Å². The highest BCUT2D eigenvalue weighted by Crippen LogP contribution is 2.25. The molecule has 0 atom stereocenters. The zero-order chi connectivity index (χ0) is 14.0. The molecule has 2 aromatic rings. The number of nitrogens with two attached hydrogens (primary N) is 1. The molecule has 0 aliphatic carbocycles. The zero-order valence-electron chi connectivity index (χ0n) is 12.3. The second-order valence-electron chi connectivity index (χ2n) is 6.31. The Hall–Kier alpha value is -1.76. The second-order valence-corrected chi connectivity index (χ2v) is 6.31. The maximum Gasteiger partial charge on any atom is 0.0316 e. The van der Waals surface area contributed by atoms with Crippen molar-refractivity contribution in [2.75, 3.05) is 5.73 Å². The third-order valence-corrected chi connectivity index (χ3v) is 3.55. The molecule has 0 unspecified atom stereocenters. The van der Waals surface area contributed by atoms with Gasteiger partial charge in [0.25, 0.3) is 0 Å². The van der Waals surface area contributed by atoms with Gasteiger partial charge < -0.3 is 5.73 Å². The molecule has 0 radical (unpaired) electrons. The van der Waals surface area contributed by atoms with Gasteiger partial charge in [-0.3, -0.25) is 0 Å². The number of hydrogen-bond acceptors (Lipinski definition) is 1. The van der Waals surface area contributed by atoms with Gasteiger partial charge in [0.1, 0.15) is 0 Å². The predicted octanol–water partition coefficient (Wildman–Crippen LogP) is 4.47. The summed E-state index contributed by atoms with van der Waals surface area (Å²) in [5.41, 5.74) is 12.3. The van der Waals surface area contributed by atoms with Crippen LogP contribution in [0.2, 0.25) is 0 Å². The van der Waals surface area contributed by atoms with Gasteiger partial charge in [-0.05, 0) is 53.1 Å². The topological polar surface area (TPSA) is 26.0 Å². The molecule has 0 bridgehead atoms. The molecule has 1 nitrogen and oxygen atoms in total. The van der Waals surface area contributed by atoms with Crippen molar-refractivity contribution in [3.05, 3.63) is 64.7 Å². The summed E-state index contributed by atoms with van der Waals surface area (Å²) in [6.07, 6.45) is 0.946. The van der Waals surface area contributed by atoms with Crippen molar-refractivity contribution in [2.24, 2.45) is 0 Å². The van der Waals surface area contributed by atoms with Gasteiger partial charge >= 0.3 is 0 Å². The first-order valence-corrected chi connectivity index (χ1v) is 6.81. The molecule has 0 spiro atoms. The van der Waals surface area contributed by atoms with E-state index in [1.165, 1.54) is 22.3 Å². The lowest BCUT2D eigenvalue weighted by Gasteiger charge is -2.20. The Morgan fingerprint density at radius 3 is 2.32 bits per heavy atom. The Morgan fingerprint density at radius 1 is 1.00 bits per heavy atom. The van der Waals surface area contributed by atoms with Crippen LogP contribution in [0.4, 0.5) is 5.69 Å². The molecule has 0 heterocycles. The Labute approximate surface area is 116 Å². The minimum absolute atomic E-state index is 0.209. The van der Waals surface area contributed by atoms with E-state index in [2.05, 4.69) is 58.0 Å². The highest BCUT2D eigenvalue weighted by molar-refractivity contribution is 5.44. The fourth-order valence-electron chi connectivity index (χ4n) is 2.28. The molecule has 2 rings (SSSR count). The van der Waals surface area contributed by atoms with Gasteiger partial charge in [-0.25, -0.2) is 0 Å². The first-order chi connectivity index (χ1) is 8.86. The molecule has 19 heavy (non-hydrogen) atoms. The third kappa shape index (κ3) is 3.37. The summed E-state index contributed by atoms with van der Waals surface area (Å²) >= 11 is 0. The molecular formula is C18H23N. The van der Waals surface area contributed by atoms with Crippen molar-refractivity contribution in [3.8, 4) is 0 Å². The van der Waals surface area contributed by atoms with Crippen molar-refractivity contribution in [1.82, 2.24) is 0 Å². The molecule has 0 aliphatic rings. The highest BCUT2D eigenvalue weighted by atomic mass is 14.5. The minimum atomic E-state index is 0.209. The van der Waals surface area contributed by atoms with E-state index in [1.54, 1.807) is 0 Å². The molecule has 0 aromatic heterocycles. The van der Waals surface area contributed by atoms with Gasteiger partial charge in [-0.2, -0.15) is 0 Å². The number of nitrogen functional groups attached to an aromatic ring is 1. The van der Waals surface area contributed by atoms with Gasteiger partial charge in [-0.15, -0.1) is 0 Å². The van der Waals surface area contributed by atoms with Crippen LogP contribution in [-0.2, 0) is 11.8 Å². The minimum Gasteiger partial charge on any atom is -0.399 e. The summed E-state index contributed by atoms with van der Waals surface area (Å²) < 4.78 is 0. The van der Waals surface area contributed by atoms with Crippen LogP contribution in [0, 0.1) is 6.92 Å². The largest absolute Gasteiger partial charge is 0.399 e. The number of hydrogen-bond donors (Lipinski definition) is 1. The SMILES string of the molecule is Cc1cc(C(C)(C)C)ccc1Cc1cccc(N)c1. The maximum atomic E-state index is 5.83. The average molecular weight is 253 g/mol. The van der Waals surface area contributed by atoms with Crippen molar-refractivity contribution in [1.29, 1.82) is 0 Å². The van der Waals surface area contributed by atoms with Crippen molar-refractivity contribution < 1.29 is 0 Å². The molecule has 100 valence electrons. The lowest BCUT2D eigenvalue weighted by Crippen LogP contribution is -2.11. The normalized spacial score (nSPS) is 11.6. The molecule has 2 aromatic carbocycles. The van der Waals surface area contributed by atoms with Gasteiger partial charge in [0.05, 0.1) is 0 Å². The van der Waals surface area contributed by atoms with Crippen LogP contribution in [0.5, 0.6) is 0 Å². The summed E-state index contributed by atoms with van der Waals surface area (Å²) in [4.78, 5) is 0. The van der Waals surface area contributed by atoms with E-state index in [-0.39, 0.29) is 5.41 Å². The van der Waals surface area contributed by atoms with E-state index in [0.29, 0.717) is 0 Å². The van der Waals surface area contributed by atoms with E-state index in [9.17, 15) is 0 Å². The van der Waals surface area contributed by atoms with Crippen molar-refractivity contribution in [2.45, 2.75) is 39.5 Å². The molecule has 0 saturated heterocycles. The van der Waals surface area contributed by atoms with Crippen LogP contribution in [0.25, 0.3) is 0 Å². The van der Waals surface area contributed by atoms with Gasteiger partial charge in [0.15, 0.2) is 0 Å². The summed E-state index contributed by atoms with van der Waals surface area (Å²) in [6, 6.07) is 14.9. The van der Waals surface area contributed by atoms with Gasteiger partial charge in [0, 0.05) is 5.69 Å². The number of benzene rings is 2. The third-order valence-electron chi connectivity index (χ3n) is 3.55. The zero-order valence-corrected chi connectivity index (χ0v) is 12.3. The van der Waals surface area contributed by atoms with E-state index < -0.39 is 0 Å². The van der Waals surface area contributed by atoms with E-state index in [0.717, 1.165) is 12.1 Å². The summed E-state index contributed by atoms with van der Waals surface area (Å²) in [5.74, 6) is 0. The summed E-state index contributed by atoms with van der Waals surface area (Å²) in [7, 11) is 0. The monoisotopic (exact) mass is 253 g/mol. The Balaban J connectivity index is 2.27. The maximum absolute atomic E-state index is 5.83. The van der Waals surface area contributed by atoms with Crippen LogP contribution >= 0.6 is 0 Å². The van der Waals surface area contributed by atoms with Crippen molar-refractivity contribution >= 4 is 5.69 Å². The fraction of sp³-hybridized carbons (Fsp3) is 0.333. The number of aryl methyl sites for hydroxylation is 1. The van der Waals surface area contributed by atoms with E-state index in [4.69, 9.17) is 5.73 Å². The van der Waals surface area contributed by atoms with Crippen LogP contribution < -0.4 is 5.73 Å². The standard InChI is InChI=1S/C18H23N/c1-13-10-16(18(2,3)4)9-8-15(13)11-14-6-5-7-17(19)12-14/h5-10,12H,11,19H2,1-4H3. The quantitative estimate of drug-likeness (QED) is 0.785. The molecule has 1 heteroatoms. The molecule has 0 saturated carbocycles. The Kier molecular flexibility index (Phi) is 3.66. The van der Waals surface area contributed by atoms with Crippen molar-refractivity contribution in [3.63, 3.8) is 0 Å². The van der Waals surface area contributed by atoms with Crippen LogP contribution in [-0.4, -0.2) is 0 Å². The first-order valence-electron chi connectivity index (χ1n) is 6.81. The van der Waals surface area contributed by atoms with Crippen LogP contribution in [0.15, 0.2) is 42.5 Å². The second kappa shape index (κ2) is 5.08. The Bertz CT molecular complexity index is 576. The summed E-state index contributed by atoms with van der Waals surface area (Å²) in [6.45, 7) is 8.94. The number of anilines is 1. The van der Waals surface area contributed by atoms with Gasteiger partial charge in [0.2, 0.25) is 0 Å². The molecular weight excluding hydrogens is 230 g/mol. The first kappa shape index (κ1) is 13.7. The lowest BCUT2D eigenvalue weighted by atomic mass is 9.85. The smallest absolute Gasteiger partial charge is 0.0316 e. The predicted molar refractivity (Wildman–Crippen MR) is 83.5 cm³/mol. The molecule has 2 N–H and O–H groups in total. The molecule has 0 amide bonds. The van der Waals surface area contributed by atoms with E-state index >= 15 is 0 Å². The van der Waals surface area contributed by atoms with Crippen LogP contribution in [0.3, 0.4) is 0 Å². The average Bonchev–Trinajstić information content (AvgIpc) is 2.30. The molecule has 0 fully saturated rings. The fourth-order valence-corrected chi connectivity index (χ4v) is 2.28. The summed E-state index contributed by atoms with van der Waals surface area (Å²) in [5, 5.41) is 0. The lowest BCUT2D eigenvalue weighted by molar-refractivity contribution is 0.589. The molecule has 0 aliphatic heterocycles. The van der Waals surface area contributed by atoms with E-state index in [1.807, 2.05) is 12.1 Å².